The van der Waals surface area contributed by atoms with Crippen LogP contribution in [0.15, 0.2) is 40.7 Å². The quantitative estimate of drug-likeness (QED) is 0.339. The standard InChI is InChI=1S/C19H27N3OS.HI/c1-5-20-18(21-12-16-9-8-14(2)11-15(16)3)22-13-19(4,23)17-7-6-10-24-17;/h6-11,23H,5,12-13H2,1-4H3,(H2,20,21,22);1H. The molecule has 1 aromatic heterocycles. The van der Waals surface area contributed by atoms with Crippen LogP contribution in [0.4, 0.5) is 0 Å². The Morgan fingerprint density at radius 1 is 1.24 bits per heavy atom. The number of thiophene rings is 1. The molecule has 4 nitrogen and oxygen atoms in total. The van der Waals surface area contributed by atoms with E-state index >= 15 is 0 Å². The molecule has 2 aromatic rings. The normalized spacial score (nSPS) is 13.7. The minimum absolute atomic E-state index is 0. The van der Waals surface area contributed by atoms with Crippen molar-refractivity contribution in [3.63, 3.8) is 0 Å². The van der Waals surface area contributed by atoms with Gasteiger partial charge in [0.15, 0.2) is 5.96 Å². The van der Waals surface area contributed by atoms with Crippen LogP contribution in [0.2, 0.25) is 0 Å². The van der Waals surface area contributed by atoms with Crippen LogP contribution in [-0.2, 0) is 12.1 Å². The molecule has 1 heterocycles. The number of halogens is 1. The van der Waals surface area contributed by atoms with Gasteiger partial charge in [-0.05, 0) is 50.3 Å². The van der Waals surface area contributed by atoms with Gasteiger partial charge in [0.2, 0.25) is 0 Å². The van der Waals surface area contributed by atoms with Gasteiger partial charge in [-0.15, -0.1) is 35.3 Å². The van der Waals surface area contributed by atoms with Gasteiger partial charge in [-0.3, -0.25) is 0 Å². The summed E-state index contributed by atoms with van der Waals surface area (Å²) in [5.41, 5.74) is 2.81. The SMILES string of the molecule is CCNC(=NCc1ccc(C)cc1C)NCC(C)(O)c1cccs1.I. The average Bonchev–Trinajstić information content (AvgIpc) is 3.07. The van der Waals surface area contributed by atoms with E-state index < -0.39 is 5.60 Å². The number of guanidine groups is 1. The molecule has 0 saturated heterocycles. The van der Waals surface area contributed by atoms with Crippen LogP contribution in [0, 0.1) is 13.8 Å². The number of aliphatic imine (C=N–C) groups is 1. The van der Waals surface area contributed by atoms with Crippen LogP contribution in [0.3, 0.4) is 0 Å². The fourth-order valence-electron chi connectivity index (χ4n) is 2.46. The topological polar surface area (TPSA) is 56.7 Å². The number of rotatable bonds is 6. The van der Waals surface area contributed by atoms with Crippen LogP contribution in [0.5, 0.6) is 0 Å². The van der Waals surface area contributed by atoms with E-state index in [9.17, 15) is 5.11 Å². The van der Waals surface area contributed by atoms with Gasteiger partial charge in [0.05, 0.1) is 13.1 Å². The largest absolute Gasteiger partial charge is 0.383 e. The second-order valence-corrected chi connectivity index (χ2v) is 7.18. The van der Waals surface area contributed by atoms with Crippen molar-refractivity contribution in [2.45, 2.75) is 39.8 Å². The van der Waals surface area contributed by atoms with Crippen LogP contribution in [-0.4, -0.2) is 24.2 Å². The lowest BCUT2D eigenvalue weighted by Gasteiger charge is -2.23. The number of benzene rings is 1. The number of nitrogens with zero attached hydrogens (tertiary/aromatic N) is 1. The van der Waals surface area contributed by atoms with E-state index in [1.165, 1.54) is 16.7 Å². The Bertz CT molecular complexity index is 684. The van der Waals surface area contributed by atoms with Crippen molar-refractivity contribution >= 4 is 41.3 Å². The molecule has 138 valence electrons. The minimum Gasteiger partial charge on any atom is -0.383 e. The molecular formula is C19H28IN3OS. The molecule has 2 rings (SSSR count). The van der Waals surface area contributed by atoms with Gasteiger partial charge < -0.3 is 15.7 Å². The third kappa shape index (κ3) is 6.60. The fraction of sp³-hybridized carbons (Fsp3) is 0.421. The number of hydrogen-bond donors (Lipinski definition) is 3. The van der Waals surface area contributed by atoms with E-state index in [1.807, 2.05) is 31.4 Å². The maximum Gasteiger partial charge on any atom is 0.191 e. The number of aliphatic hydroxyl groups is 1. The van der Waals surface area contributed by atoms with Gasteiger partial charge in [-0.1, -0.05) is 29.8 Å². The molecule has 25 heavy (non-hydrogen) atoms. The molecule has 1 atom stereocenters. The lowest BCUT2D eigenvalue weighted by molar-refractivity contribution is 0.0655. The molecule has 0 radical (unpaired) electrons. The van der Waals surface area contributed by atoms with Crippen molar-refractivity contribution in [2.75, 3.05) is 13.1 Å². The summed E-state index contributed by atoms with van der Waals surface area (Å²) in [6.45, 7) is 9.86. The molecule has 0 spiro atoms. The third-order valence-electron chi connectivity index (χ3n) is 3.90. The number of nitrogens with one attached hydrogen (secondary N) is 2. The first-order valence-corrected chi connectivity index (χ1v) is 9.15. The Kier molecular flexibility index (Phi) is 8.88. The molecule has 6 heteroatoms. The summed E-state index contributed by atoms with van der Waals surface area (Å²) in [5, 5.41) is 19.1. The monoisotopic (exact) mass is 473 g/mol. The zero-order chi connectivity index (χ0) is 17.6. The maximum absolute atomic E-state index is 10.6. The van der Waals surface area contributed by atoms with Crippen LogP contribution < -0.4 is 10.6 Å². The van der Waals surface area contributed by atoms with Gasteiger partial charge in [0, 0.05) is 11.4 Å². The smallest absolute Gasteiger partial charge is 0.191 e. The van der Waals surface area contributed by atoms with Crippen molar-refractivity contribution in [2.24, 2.45) is 4.99 Å². The van der Waals surface area contributed by atoms with E-state index in [-0.39, 0.29) is 24.0 Å². The van der Waals surface area contributed by atoms with Crippen LogP contribution >= 0.6 is 35.3 Å². The average molecular weight is 473 g/mol. The van der Waals surface area contributed by atoms with Crippen LogP contribution in [0.25, 0.3) is 0 Å². The van der Waals surface area contributed by atoms with Crippen LogP contribution in [0.1, 0.15) is 35.4 Å². The zero-order valence-electron chi connectivity index (χ0n) is 15.3. The van der Waals surface area contributed by atoms with Crippen molar-refractivity contribution < 1.29 is 5.11 Å². The summed E-state index contributed by atoms with van der Waals surface area (Å²) in [5.74, 6) is 0.717. The first-order chi connectivity index (χ1) is 11.4. The second-order valence-electron chi connectivity index (χ2n) is 6.23. The Hall–Kier alpha value is -1.12. The Morgan fingerprint density at radius 2 is 2.00 bits per heavy atom. The van der Waals surface area contributed by atoms with Crippen molar-refractivity contribution in [1.82, 2.24) is 10.6 Å². The van der Waals surface area contributed by atoms with E-state index in [4.69, 9.17) is 0 Å². The Labute approximate surface area is 171 Å². The third-order valence-corrected chi connectivity index (χ3v) is 5.02. The van der Waals surface area contributed by atoms with E-state index in [2.05, 4.69) is 47.7 Å². The predicted octanol–water partition coefficient (Wildman–Crippen LogP) is 3.95. The van der Waals surface area contributed by atoms with E-state index in [1.54, 1.807) is 11.3 Å². The number of aryl methyl sites for hydroxylation is 2. The van der Waals surface area contributed by atoms with E-state index in [0.717, 1.165) is 11.4 Å². The highest BCUT2D eigenvalue weighted by Crippen LogP contribution is 2.24. The molecular weight excluding hydrogens is 445 g/mol. The summed E-state index contributed by atoms with van der Waals surface area (Å²) in [7, 11) is 0. The van der Waals surface area contributed by atoms with Gasteiger partial charge in [0.25, 0.3) is 0 Å². The fourth-order valence-corrected chi connectivity index (χ4v) is 3.24. The summed E-state index contributed by atoms with van der Waals surface area (Å²) < 4.78 is 0. The van der Waals surface area contributed by atoms with E-state index in [0.29, 0.717) is 19.0 Å². The second kappa shape index (κ2) is 10.1. The highest BCUT2D eigenvalue weighted by atomic mass is 127. The van der Waals surface area contributed by atoms with Crippen molar-refractivity contribution in [1.29, 1.82) is 0 Å². The predicted molar refractivity (Wildman–Crippen MR) is 118 cm³/mol. The lowest BCUT2D eigenvalue weighted by Crippen LogP contribution is -2.44. The molecule has 0 aliphatic rings. The minimum atomic E-state index is -0.913. The highest BCUT2D eigenvalue weighted by Gasteiger charge is 2.24. The van der Waals surface area contributed by atoms with Gasteiger partial charge in [-0.25, -0.2) is 4.99 Å². The van der Waals surface area contributed by atoms with Gasteiger partial charge in [0.1, 0.15) is 5.60 Å². The lowest BCUT2D eigenvalue weighted by atomic mass is 10.1. The molecule has 1 aromatic carbocycles. The molecule has 0 fully saturated rings. The van der Waals surface area contributed by atoms with Crippen molar-refractivity contribution in [3.05, 3.63) is 57.3 Å². The first-order valence-electron chi connectivity index (χ1n) is 8.27. The molecule has 0 saturated carbocycles. The first kappa shape index (κ1) is 21.9. The molecule has 1 unspecified atom stereocenters. The maximum atomic E-state index is 10.6. The summed E-state index contributed by atoms with van der Waals surface area (Å²) in [6, 6.07) is 10.3. The van der Waals surface area contributed by atoms with Gasteiger partial charge in [-0.2, -0.15) is 0 Å². The van der Waals surface area contributed by atoms with Crippen molar-refractivity contribution in [3.8, 4) is 0 Å². The molecule has 0 aliphatic heterocycles. The molecule has 0 bridgehead atoms. The summed E-state index contributed by atoms with van der Waals surface area (Å²) in [6.07, 6.45) is 0. The molecule has 0 aliphatic carbocycles. The molecule has 3 N–H and O–H groups in total. The Balaban J connectivity index is 0.00000312. The molecule has 0 amide bonds. The Morgan fingerprint density at radius 3 is 2.60 bits per heavy atom. The zero-order valence-corrected chi connectivity index (χ0v) is 18.4. The summed E-state index contributed by atoms with van der Waals surface area (Å²) in [4.78, 5) is 5.59. The number of hydrogen-bond acceptors (Lipinski definition) is 3. The highest BCUT2D eigenvalue weighted by molar-refractivity contribution is 14.0. The summed E-state index contributed by atoms with van der Waals surface area (Å²) >= 11 is 1.56. The van der Waals surface area contributed by atoms with Gasteiger partial charge >= 0.3 is 0 Å².